The maximum Gasteiger partial charge on any atom is 0.238 e. The van der Waals surface area contributed by atoms with E-state index in [1.165, 1.54) is 11.3 Å². The van der Waals surface area contributed by atoms with Gasteiger partial charge in [-0.05, 0) is 75.1 Å². The summed E-state index contributed by atoms with van der Waals surface area (Å²) in [5.41, 5.74) is 2.53. The van der Waals surface area contributed by atoms with Crippen molar-refractivity contribution in [3.63, 3.8) is 0 Å². The number of nitrogens with one attached hydrogen (secondary N) is 1. The lowest BCUT2D eigenvalue weighted by atomic mass is 9.66. The lowest BCUT2D eigenvalue weighted by Gasteiger charge is -2.52. The maximum atomic E-state index is 13.0. The first-order valence-corrected chi connectivity index (χ1v) is 12.7. The van der Waals surface area contributed by atoms with Crippen LogP contribution in [0.2, 0.25) is 0 Å². The fourth-order valence-electron chi connectivity index (χ4n) is 5.89. The van der Waals surface area contributed by atoms with E-state index >= 15 is 0 Å². The number of aliphatic hydroxyl groups is 1. The summed E-state index contributed by atoms with van der Waals surface area (Å²) in [4.78, 5) is 17.6. The second-order valence-corrected chi connectivity index (χ2v) is 9.66. The summed E-state index contributed by atoms with van der Waals surface area (Å²) >= 11 is 0. The summed E-state index contributed by atoms with van der Waals surface area (Å²) in [7, 11) is 1.63. The third-order valence-electron chi connectivity index (χ3n) is 7.76. The van der Waals surface area contributed by atoms with E-state index in [4.69, 9.17) is 4.74 Å². The first kappa shape index (κ1) is 24.6. The average molecular weight is 466 g/mol. The summed E-state index contributed by atoms with van der Waals surface area (Å²) in [6.07, 6.45) is 4.79. The van der Waals surface area contributed by atoms with Gasteiger partial charge in [0.05, 0.1) is 19.3 Å². The molecule has 4 rings (SSSR count). The molecular formula is C28H39N3O3. The number of piperidine rings is 1. The van der Waals surface area contributed by atoms with E-state index < -0.39 is 5.60 Å². The Labute approximate surface area is 203 Å². The van der Waals surface area contributed by atoms with Crippen molar-refractivity contribution in [3.8, 4) is 5.75 Å². The molecule has 2 fully saturated rings. The number of likely N-dealkylation sites (tertiary alicyclic amines) is 1. The van der Waals surface area contributed by atoms with Crippen LogP contribution >= 0.6 is 0 Å². The lowest BCUT2D eigenvalue weighted by Crippen LogP contribution is -2.56. The van der Waals surface area contributed by atoms with Crippen molar-refractivity contribution in [1.29, 1.82) is 0 Å². The molecule has 34 heavy (non-hydrogen) atoms. The van der Waals surface area contributed by atoms with Crippen molar-refractivity contribution < 1.29 is 14.6 Å². The van der Waals surface area contributed by atoms with Gasteiger partial charge in [-0.15, -0.1) is 0 Å². The number of nitrogens with zero attached hydrogens (tertiary/aromatic N) is 2. The molecule has 1 amide bonds. The lowest BCUT2D eigenvalue weighted by molar-refractivity contribution is -0.135. The minimum atomic E-state index is -0.635. The fraction of sp³-hybridized carbons (Fsp3) is 0.536. The molecule has 184 valence electrons. The molecule has 2 aromatic rings. The van der Waals surface area contributed by atoms with Crippen molar-refractivity contribution in [2.75, 3.05) is 43.5 Å². The summed E-state index contributed by atoms with van der Waals surface area (Å²) in [5.74, 6) is 0.873. The van der Waals surface area contributed by atoms with Crippen LogP contribution in [0.5, 0.6) is 5.75 Å². The van der Waals surface area contributed by atoms with Gasteiger partial charge in [-0.25, -0.2) is 0 Å². The van der Waals surface area contributed by atoms with Gasteiger partial charge in [-0.2, -0.15) is 0 Å². The number of carbonyl (C=O) groups is 1. The van der Waals surface area contributed by atoms with Crippen LogP contribution in [0.4, 0.5) is 11.4 Å². The molecule has 0 bridgehead atoms. The van der Waals surface area contributed by atoms with Crippen LogP contribution in [0, 0.1) is 5.92 Å². The van der Waals surface area contributed by atoms with Crippen LogP contribution < -0.4 is 15.0 Å². The molecule has 6 nitrogen and oxygen atoms in total. The zero-order valence-corrected chi connectivity index (χ0v) is 20.8. The summed E-state index contributed by atoms with van der Waals surface area (Å²) in [6.45, 7) is 7.30. The Hall–Kier alpha value is -2.57. The third-order valence-corrected chi connectivity index (χ3v) is 7.76. The number of hydrogen-bond donors (Lipinski definition) is 2. The first-order valence-electron chi connectivity index (χ1n) is 12.7. The highest BCUT2D eigenvalue weighted by Gasteiger charge is 2.49. The van der Waals surface area contributed by atoms with E-state index in [2.05, 4.69) is 53.2 Å². The normalized spacial score (nSPS) is 24.8. The molecule has 2 N–H and O–H groups in total. The Morgan fingerprint density at radius 2 is 1.79 bits per heavy atom. The maximum absolute atomic E-state index is 13.0. The molecule has 0 aromatic heterocycles. The quantitative estimate of drug-likeness (QED) is 0.584. The van der Waals surface area contributed by atoms with Crippen molar-refractivity contribution >= 4 is 17.3 Å². The number of benzene rings is 2. The van der Waals surface area contributed by atoms with Crippen LogP contribution in [0.25, 0.3) is 0 Å². The molecule has 2 aliphatic rings. The van der Waals surface area contributed by atoms with Crippen LogP contribution in [-0.4, -0.2) is 54.8 Å². The number of amides is 1. The van der Waals surface area contributed by atoms with Gasteiger partial charge in [0.1, 0.15) is 5.75 Å². The van der Waals surface area contributed by atoms with Crippen LogP contribution in [0.1, 0.15) is 57.6 Å². The zero-order valence-electron chi connectivity index (χ0n) is 20.8. The van der Waals surface area contributed by atoms with Gasteiger partial charge in [-0.1, -0.05) is 25.0 Å². The van der Waals surface area contributed by atoms with Crippen molar-refractivity contribution in [2.24, 2.45) is 5.92 Å². The number of carbonyl (C=O) groups excluding carboxylic acids is 1. The molecule has 6 heteroatoms. The van der Waals surface area contributed by atoms with Crippen LogP contribution in [0.3, 0.4) is 0 Å². The van der Waals surface area contributed by atoms with Gasteiger partial charge >= 0.3 is 0 Å². The van der Waals surface area contributed by atoms with Crippen molar-refractivity contribution in [1.82, 2.24) is 4.90 Å². The van der Waals surface area contributed by atoms with Crippen LogP contribution in [0.15, 0.2) is 48.5 Å². The highest BCUT2D eigenvalue weighted by molar-refractivity contribution is 5.92. The molecule has 0 unspecified atom stereocenters. The first-order chi connectivity index (χ1) is 16.5. The molecule has 1 saturated carbocycles. The minimum absolute atomic E-state index is 0.0313. The van der Waals surface area contributed by atoms with Gasteiger partial charge < -0.3 is 20.1 Å². The topological polar surface area (TPSA) is 65.0 Å². The number of fused-ring (bicyclic) bond motifs is 1. The molecular weight excluding hydrogens is 426 g/mol. The van der Waals surface area contributed by atoms with Gasteiger partial charge in [0.2, 0.25) is 5.91 Å². The summed E-state index contributed by atoms with van der Waals surface area (Å²) < 4.78 is 5.21. The predicted octanol–water partition coefficient (Wildman–Crippen LogP) is 4.85. The summed E-state index contributed by atoms with van der Waals surface area (Å²) in [6, 6.07) is 16.2. The van der Waals surface area contributed by atoms with E-state index in [1.807, 2.05) is 24.3 Å². The van der Waals surface area contributed by atoms with Gasteiger partial charge in [0, 0.05) is 43.0 Å². The third kappa shape index (κ3) is 5.23. The standard InChI is InChI=1S/C28H39N3O3/c1-4-30(5-2)23-13-9-21(10-14-23)27-25-8-6-7-17-28(25,33)18-19-31(27)20-26(32)29-22-11-15-24(34-3)16-12-22/h9-16,25,27,33H,4-8,17-20H2,1-3H3,(H,29,32)/t25-,27-,28+/m1/s1. The fourth-order valence-corrected chi connectivity index (χ4v) is 5.89. The van der Waals surface area contributed by atoms with E-state index in [0.717, 1.165) is 56.6 Å². The number of hydrogen-bond acceptors (Lipinski definition) is 5. The largest absolute Gasteiger partial charge is 0.497 e. The van der Waals surface area contributed by atoms with E-state index in [0.29, 0.717) is 13.1 Å². The van der Waals surface area contributed by atoms with E-state index in [1.54, 1.807) is 7.11 Å². The molecule has 3 atom stereocenters. The number of methoxy groups -OCH3 is 1. The Kier molecular flexibility index (Phi) is 7.79. The predicted molar refractivity (Wildman–Crippen MR) is 137 cm³/mol. The minimum Gasteiger partial charge on any atom is -0.497 e. The molecule has 1 aliphatic carbocycles. The smallest absolute Gasteiger partial charge is 0.238 e. The highest BCUT2D eigenvalue weighted by Crippen LogP contribution is 2.49. The average Bonchev–Trinajstić information content (AvgIpc) is 2.86. The molecule has 2 aromatic carbocycles. The Morgan fingerprint density at radius 3 is 2.44 bits per heavy atom. The molecule has 0 radical (unpaired) electrons. The number of ether oxygens (including phenoxy) is 1. The molecule has 0 spiro atoms. The Balaban J connectivity index is 1.55. The molecule has 1 saturated heterocycles. The number of rotatable bonds is 8. The van der Waals surface area contributed by atoms with E-state index in [9.17, 15) is 9.90 Å². The van der Waals surface area contributed by atoms with Crippen molar-refractivity contribution in [2.45, 2.75) is 57.6 Å². The van der Waals surface area contributed by atoms with Gasteiger partial charge in [-0.3, -0.25) is 9.69 Å². The Bertz CT molecular complexity index is 942. The molecule has 1 heterocycles. The molecule has 1 aliphatic heterocycles. The van der Waals surface area contributed by atoms with Gasteiger partial charge in [0.25, 0.3) is 0 Å². The SMILES string of the molecule is CCN(CC)c1ccc([C@@H]2[C@H]3CCCC[C@]3(O)CCN2CC(=O)Nc2ccc(OC)cc2)cc1. The number of anilines is 2. The Morgan fingerprint density at radius 1 is 1.09 bits per heavy atom. The zero-order chi connectivity index (χ0) is 24.1. The second kappa shape index (κ2) is 10.8. The van der Waals surface area contributed by atoms with Crippen LogP contribution in [-0.2, 0) is 4.79 Å². The van der Waals surface area contributed by atoms with E-state index in [-0.39, 0.29) is 17.9 Å². The van der Waals surface area contributed by atoms with Gasteiger partial charge in [0.15, 0.2) is 0 Å². The highest BCUT2D eigenvalue weighted by atomic mass is 16.5. The van der Waals surface area contributed by atoms with Crippen molar-refractivity contribution in [3.05, 3.63) is 54.1 Å². The summed E-state index contributed by atoms with van der Waals surface area (Å²) in [5, 5.41) is 14.6. The monoisotopic (exact) mass is 465 g/mol. The second-order valence-electron chi connectivity index (χ2n) is 9.66.